The van der Waals surface area contributed by atoms with Crippen molar-refractivity contribution >= 4 is 23.0 Å². The quantitative estimate of drug-likeness (QED) is 0.619. The van der Waals surface area contributed by atoms with E-state index >= 15 is 0 Å². The van der Waals surface area contributed by atoms with Crippen LogP contribution >= 0.6 is 0 Å². The van der Waals surface area contributed by atoms with E-state index in [1.165, 1.54) is 6.42 Å². The number of nitrogens with zero attached hydrogens (tertiary/aromatic N) is 4. The number of benzene rings is 1. The molecule has 7 nitrogen and oxygen atoms in total. The molecule has 1 aromatic carbocycles. The van der Waals surface area contributed by atoms with Crippen molar-refractivity contribution in [3.63, 3.8) is 0 Å². The molecule has 0 unspecified atom stereocenters. The molecule has 0 saturated carbocycles. The number of hydrogen-bond acceptors (Lipinski definition) is 5. The van der Waals surface area contributed by atoms with Crippen LogP contribution in [0.5, 0.6) is 0 Å². The van der Waals surface area contributed by atoms with Crippen LogP contribution in [-0.4, -0.2) is 55.0 Å². The molecule has 0 atom stereocenters. The van der Waals surface area contributed by atoms with E-state index in [-0.39, 0.29) is 16.5 Å². The number of rotatable bonds is 4. The Bertz CT molecular complexity index is 635. The van der Waals surface area contributed by atoms with Crippen LogP contribution in [-0.2, 0) is 4.79 Å². The topological polar surface area (TPSA) is 69.9 Å². The van der Waals surface area contributed by atoms with Gasteiger partial charge in [0.2, 0.25) is 5.91 Å². The fraction of sp³-hybridized carbons (Fsp3) is 0.611. The molecule has 136 valence electrons. The first-order valence-electron chi connectivity index (χ1n) is 9.16. The van der Waals surface area contributed by atoms with Crippen molar-refractivity contribution in [3.05, 3.63) is 28.3 Å². The van der Waals surface area contributed by atoms with E-state index in [1.54, 1.807) is 6.07 Å². The second-order valence-corrected chi connectivity index (χ2v) is 6.70. The molecule has 3 rings (SSSR count). The van der Waals surface area contributed by atoms with Crippen molar-refractivity contribution < 1.29 is 9.72 Å². The summed E-state index contributed by atoms with van der Waals surface area (Å²) in [7, 11) is 0. The molecule has 2 aliphatic rings. The molecule has 7 heteroatoms. The first-order chi connectivity index (χ1) is 12.1. The molecule has 0 N–H and O–H groups in total. The number of amides is 1. The largest absolute Gasteiger partial charge is 0.368 e. The van der Waals surface area contributed by atoms with Crippen LogP contribution in [0.2, 0.25) is 0 Å². The fourth-order valence-electron chi connectivity index (χ4n) is 3.69. The van der Waals surface area contributed by atoms with E-state index in [0.29, 0.717) is 19.5 Å². The Morgan fingerprint density at radius 3 is 2.32 bits per heavy atom. The minimum Gasteiger partial charge on any atom is -0.368 e. The number of carbonyl (C=O) groups excluding carboxylic acids is 1. The van der Waals surface area contributed by atoms with Crippen molar-refractivity contribution in [2.45, 2.75) is 32.6 Å². The van der Waals surface area contributed by atoms with Crippen molar-refractivity contribution in [2.75, 3.05) is 49.1 Å². The van der Waals surface area contributed by atoms with E-state index < -0.39 is 0 Å². The number of piperazine rings is 1. The Morgan fingerprint density at radius 1 is 1.04 bits per heavy atom. The highest BCUT2D eigenvalue weighted by Gasteiger charge is 2.25. The van der Waals surface area contributed by atoms with Crippen molar-refractivity contribution in [1.29, 1.82) is 0 Å². The molecule has 2 fully saturated rings. The maximum atomic E-state index is 11.8. The second-order valence-electron chi connectivity index (χ2n) is 6.70. The van der Waals surface area contributed by atoms with Gasteiger partial charge >= 0.3 is 0 Å². The minimum absolute atomic E-state index is 0.186. The van der Waals surface area contributed by atoms with Gasteiger partial charge in [-0.15, -0.1) is 0 Å². The fourth-order valence-corrected chi connectivity index (χ4v) is 3.69. The second kappa shape index (κ2) is 7.72. The molecule has 0 radical (unpaired) electrons. The summed E-state index contributed by atoms with van der Waals surface area (Å²) in [5, 5.41) is 11.4. The predicted octanol–water partition coefficient (Wildman–Crippen LogP) is 2.64. The van der Waals surface area contributed by atoms with Crippen LogP contribution in [0.3, 0.4) is 0 Å². The van der Waals surface area contributed by atoms with Gasteiger partial charge in [0.05, 0.1) is 4.92 Å². The highest BCUT2D eigenvalue weighted by atomic mass is 16.6. The third-order valence-electron chi connectivity index (χ3n) is 5.15. The average molecular weight is 346 g/mol. The first-order valence-corrected chi connectivity index (χ1v) is 9.16. The van der Waals surface area contributed by atoms with Gasteiger partial charge in [0.1, 0.15) is 5.69 Å². The summed E-state index contributed by atoms with van der Waals surface area (Å²) in [6.07, 6.45) is 3.90. The number of piperidine rings is 1. The van der Waals surface area contributed by atoms with E-state index in [2.05, 4.69) is 9.80 Å². The molecule has 0 bridgehead atoms. The summed E-state index contributed by atoms with van der Waals surface area (Å²) in [4.78, 5) is 29.2. The zero-order valence-electron chi connectivity index (χ0n) is 14.8. The van der Waals surface area contributed by atoms with Crippen LogP contribution < -0.4 is 9.80 Å². The van der Waals surface area contributed by atoms with Crippen LogP contribution in [0.15, 0.2) is 18.2 Å². The van der Waals surface area contributed by atoms with Crippen molar-refractivity contribution in [2.24, 2.45) is 0 Å². The number of hydrogen-bond donors (Lipinski definition) is 0. The van der Waals surface area contributed by atoms with Crippen molar-refractivity contribution in [3.8, 4) is 0 Å². The smallest absolute Gasteiger partial charge is 0.292 e. The molecular formula is C18H26N4O3. The molecule has 1 aromatic rings. The molecule has 0 spiro atoms. The molecule has 2 saturated heterocycles. The Kier molecular flexibility index (Phi) is 5.40. The van der Waals surface area contributed by atoms with E-state index in [4.69, 9.17) is 0 Å². The number of nitro benzene ring substituents is 1. The third kappa shape index (κ3) is 3.86. The lowest BCUT2D eigenvalue weighted by atomic mass is 10.1. The van der Waals surface area contributed by atoms with Gasteiger partial charge in [-0.05, 0) is 31.4 Å². The molecule has 0 aliphatic carbocycles. The average Bonchev–Trinajstić information content (AvgIpc) is 2.67. The van der Waals surface area contributed by atoms with Crippen LogP contribution in [0.4, 0.5) is 17.1 Å². The molecule has 2 heterocycles. The van der Waals surface area contributed by atoms with Gasteiger partial charge < -0.3 is 14.7 Å². The normalized spacial score (nSPS) is 18.4. The van der Waals surface area contributed by atoms with Crippen LogP contribution in [0, 0.1) is 10.1 Å². The van der Waals surface area contributed by atoms with E-state index in [0.717, 1.165) is 50.4 Å². The van der Waals surface area contributed by atoms with E-state index in [1.807, 2.05) is 24.0 Å². The highest BCUT2D eigenvalue weighted by molar-refractivity contribution is 5.76. The first kappa shape index (κ1) is 17.5. The summed E-state index contributed by atoms with van der Waals surface area (Å²) < 4.78 is 0. The lowest BCUT2D eigenvalue weighted by Crippen LogP contribution is -2.48. The van der Waals surface area contributed by atoms with Crippen molar-refractivity contribution in [1.82, 2.24) is 4.90 Å². The number of carbonyl (C=O) groups is 1. The molecular weight excluding hydrogens is 320 g/mol. The Hall–Kier alpha value is -2.31. The standard InChI is InChI=1S/C18H26N4O3/c1-2-18(23)21-12-10-19(11-13-21)15-6-7-16(22(24)25)17(14-15)20-8-4-3-5-9-20/h6-7,14H,2-5,8-13H2,1H3. The van der Waals surface area contributed by atoms with E-state index in [9.17, 15) is 14.9 Å². The Labute approximate surface area is 148 Å². The maximum Gasteiger partial charge on any atom is 0.292 e. The predicted molar refractivity (Wildman–Crippen MR) is 98.2 cm³/mol. The maximum absolute atomic E-state index is 11.8. The van der Waals surface area contributed by atoms with Crippen LogP contribution in [0.25, 0.3) is 0 Å². The molecule has 0 aromatic heterocycles. The SMILES string of the molecule is CCC(=O)N1CCN(c2ccc([N+](=O)[O-])c(N3CCCCC3)c2)CC1. The molecule has 1 amide bonds. The molecule has 2 aliphatic heterocycles. The van der Waals surface area contributed by atoms with Gasteiger partial charge in [-0.2, -0.15) is 0 Å². The lowest BCUT2D eigenvalue weighted by molar-refractivity contribution is -0.384. The lowest BCUT2D eigenvalue weighted by Gasteiger charge is -2.36. The Balaban J connectivity index is 1.78. The summed E-state index contributed by atoms with van der Waals surface area (Å²) in [5.74, 6) is 0.192. The van der Waals surface area contributed by atoms with Gasteiger partial charge in [-0.25, -0.2) is 0 Å². The summed E-state index contributed by atoms with van der Waals surface area (Å²) in [5.41, 5.74) is 1.93. The summed E-state index contributed by atoms with van der Waals surface area (Å²) in [6.45, 7) is 6.60. The van der Waals surface area contributed by atoms with Gasteiger partial charge in [-0.3, -0.25) is 14.9 Å². The van der Waals surface area contributed by atoms with Gasteiger partial charge in [0.25, 0.3) is 5.69 Å². The monoisotopic (exact) mass is 346 g/mol. The Morgan fingerprint density at radius 2 is 1.72 bits per heavy atom. The summed E-state index contributed by atoms with van der Waals surface area (Å²) >= 11 is 0. The zero-order valence-corrected chi connectivity index (χ0v) is 14.8. The zero-order chi connectivity index (χ0) is 17.8. The number of nitro groups is 1. The van der Waals surface area contributed by atoms with Crippen LogP contribution in [0.1, 0.15) is 32.6 Å². The molecule has 25 heavy (non-hydrogen) atoms. The highest BCUT2D eigenvalue weighted by Crippen LogP contribution is 2.34. The summed E-state index contributed by atoms with van der Waals surface area (Å²) in [6, 6.07) is 5.42. The number of anilines is 2. The minimum atomic E-state index is -0.286. The third-order valence-corrected chi connectivity index (χ3v) is 5.15. The van der Waals surface area contributed by atoms with Gasteiger partial charge in [-0.1, -0.05) is 6.92 Å². The van der Waals surface area contributed by atoms with Gasteiger partial charge in [0.15, 0.2) is 0 Å². The van der Waals surface area contributed by atoms with Gasteiger partial charge in [0, 0.05) is 57.4 Å².